The molecule has 9 heteroatoms. The van der Waals surface area contributed by atoms with Crippen LogP contribution in [0.5, 0.6) is 0 Å². The lowest BCUT2D eigenvalue weighted by Crippen LogP contribution is -2.00. The monoisotopic (exact) mass is 317 g/mol. The largest absolute Gasteiger partial charge is 0.322 e. The molecule has 0 fully saturated rings. The van der Waals surface area contributed by atoms with Crippen LogP contribution in [0.3, 0.4) is 0 Å². The van der Waals surface area contributed by atoms with E-state index in [0.717, 1.165) is 6.07 Å². The molecule has 2 aromatic rings. The number of aryl methyl sites for hydroxylation is 1. The molecule has 0 aliphatic heterocycles. The average molecular weight is 318 g/mol. The highest BCUT2D eigenvalue weighted by Crippen LogP contribution is 2.36. The van der Waals surface area contributed by atoms with Gasteiger partial charge in [-0.15, -0.1) is 0 Å². The standard InChI is InChI=1S/C11H6ClF2N3O2S/c1-5-9(17(18)19)10(16-11(12)15-5)20-8-3-2-6(13)4-7(8)14/h2-4H,1H3. The van der Waals surface area contributed by atoms with E-state index in [1.165, 1.54) is 13.0 Å². The van der Waals surface area contributed by atoms with Crippen LogP contribution in [0, 0.1) is 28.7 Å². The van der Waals surface area contributed by atoms with Gasteiger partial charge in [-0.2, -0.15) is 0 Å². The Bertz CT molecular complexity index is 700. The van der Waals surface area contributed by atoms with E-state index in [1.54, 1.807) is 0 Å². The molecule has 0 amide bonds. The van der Waals surface area contributed by atoms with Gasteiger partial charge in [-0.05, 0) is 30.7 Å². The molecule has 0 spiro atoms. The third kappa shape index (κ3) is 3.02. The quantitative estimate of drug-likeness (QED) is 0.373. The van der Waals surface area contributed by atoms with Gasteiger partial charge >= 0.3 is 5.69 Å². The summed E-state index contributed by atoms with van der Waals surface area (Å²) >= 11 is 6.33. The van der Waals surface area contributed by atoms with Crippen LogP contribution in [0.2, 0.25) is 5.28 Å². The zero-order chi connectivity index (χ0) is 14.9. The highest BCUT2D eigenvalue weighted by molar-refractivity contribution is 7.99. The van der Waals surface area contributed by atoms with Crippen molar-refractivity contribution in [3.8, 4) is 0 Å². The lowest BCUT2D eigenvalue weighted by Gasteiger charge is -2.05. The Hall–Kier alpha value is -1.80. The van der Waals surface area contributed by atoms with Crippen molar-refractivity contribution in [2.24, 2.45) is 0 Å². The van der Waals surface area contributed by atoms with E-state index in [2.05, 4.69) is 9.97 Å². The summed E-state index contributed by atoms with van der Waals surface area (Å²) in [5.74, 6) is -1.57. The zero-order valence-corrected chi connectivity index (χ0v) is 11.5. The summed E-state index contributed by atoms with van der Waals surface area (Å²) in [5.41, 5.74) is -0.289. The van der Waals surface area contributed by atoms with E-state index in [-0.39, 0.29) is 26.6 Å². The summed E-state index contributed by atoms with van der Waals surface area (Å²) in [4.78, 5) is 17.7. The van der Waals surface area contributed by atoms with Gasteiger partial charge in [0.05, 0.1) is 4.92 Å². The van der Waals surface area contributed by atoms with Crippen LogP contribution in [-0.4, -0.2) is 14.9 Å². The Morgan fingerprint density at radius 3 is 2.65 bits per heavy atom. The highest BCUT2D eigenvalue weighted by atomic mass is 35.5. The van der Waals surface area contributed by atoms with E-state index in [9.17, 15) is 18.9 Å². The molecule has 2 rings (SSSR count). The molecular weight excluding hydrogens is 312 g/mol. The number of aromatic nitrogens is 2. The fraction of sp³-hybridized carbons (Fsp3) is 0.0909. The highest BCUT2D eigenvalue weighted by Gasteiger charge is 2.23. The number of nitro groups is 1. The van der Waals surface area contributed by atoms with Gasteiger partial charge in [-0.3, -0.25) is 10.1 Å². The van der Waals surface area contributed by atoms with Gasteiger partial charge in [0.2, 0.25) is 5.28 Å². The third-order valence-corrected chi connectivity index (χ3v) is 3.48. The van der Waals surface area contributed by atoms with Crippen molar-refractivity contribution in [1.82, 2.24) is 9.97 Å². The van der Waals surface area contributed by atoms with E-state index >= 15 is 0 Å². The minimum absolute atomic E-state index is 0.00340. The van der Waals surface area contributed by atoms with Gasteiger partial charge in [0, 0.05) is 11.0 Å². The van der Waals surface area contributed by atoms with Gasteiger partial charge < -0.3 is 0 Å². The van der Waals surface area contributed by atoms with Crippen molar-refractivity contribution in [2.45, 2.75) is 16.8 Å². The fourth-order valence-electron chi connectivity index (χ4n) is 1.45. The molecule has 20 heavy (non-hydrogen) atoms. The lowest BCUT2D eigenvalue weighted by molar-refractivity contribution is -0.389. The van der Waals surface area contributed by atoms with Gasteiger partial charge in [-0.1, -0.05) is 11.8 Å². The first-order chi connectivity index (χ1) is 9.38. The molecule has 0 unspecified atom stereocenters. The molecule has 0 radical (unpaired) electrons. The Kier molecular flexibility index (Phi) is 4.15. The van der Waals surface area contributed by atoms with E-state index in [0.29, 0.717) is 17.8 Å². The minimum atomic E-state index is -0.836. The number of hydrogen-bond donors (Lipinski definition) is 0. The third-order valence-electron chi connectivity index (χ3n) is 2.28. The van der Waals surface area contributed by atoms with E-state index in [4.69, 9.17) is 11.6 Å². The van der Waals surface area contributed by atoms with Crippen LogP contribution in [0.1, 0.15) is 5.69 Å². The Morgan fingerprint density at radius 1 is 1.35 bits per heavy atom. The molecule has 0 N–H and O–H groups in total. The maximum absolute atomic E-state index is 13.6. The summed E-state index contributed by atoms with van der Waals surface area (Å²) in [6.45, 7) is 1.40. The summed E-state index contributed by atoms with van der Waals surface area (Å²) in [6, 6.07) is 2.90. The minimum Gasteiger partial charge on any atom is -0.258 e. The SMILES string of the molecule is Cc1nc(Cl)nc(Sc2ccc(F)cc2F)c1[N+](=O)[O-]. The summed E-state index contributed by atoms with van der Waals surface area (Å²) in [7, 11) is 0. The predicted molar refractivity (Wildman–Crippen MR) is 68.9 cm³/mol. The van der Waals surface area contributed by atoms with E-state index in [1.807, 2.05) is 0 Å². The van der Waals surface area contributed by atoms with Crippen LogP contribution in [0.4, 0.5) is 14.5 Å². The van der Waals surface area contributed by atoms with Crippen LogP contribution >= 0.6 is 23.4 Å². The van der Waals surface area contributed by atoms with Crippen molar-refractivity contribution >= 4 is 29.1 Å². The first-order valence-corrected chi connectivity index (χ1v) is 6.39. The number of halogens is 3. The molecule has 1 aromatic carbocycles. The molecular formula is C11H6ClF2N3O2S. The maximum Gasteiger partial charge on any atom is 0.322 e. The van der Waals surface area contributed by atoms with Crippen LogP contribution in [0.15, 0.2) is 28.1 Å². The van der Waals surface area contributed by atoms with Crippen molar-refractivity contribution in [3.63, 3.8) is 0 Å². The maximum atomic E-state index is 13.6. The smallest absolute Gasteiger partial charge is 0.258 e. The van der Waals surface area contributed by atoms with E-state index < -0.39 is 16.6 Å². The van der Waals surface area contributed by atoms with Crippen molar-refractivity contribution < 1.29 is 13.7 Å². The zero-order valence-electron chi connectivity index (χ0n) is 9.93. The van der Waals surface area contributed by atoms with Crippen LogP contribution in [-0.2, 0) is 0 Å². The van der Waals surface area contributed by atoms with Crippen molar-refractivity contribution in [3.05, 3.63) is 50.9 Å². The average Bonchev–Trinajstić information content (AvgIpc) is 2.31. The molecule has 0 aliphatic carbocycles. The second-order valence-electron chi connectivity index (χ2n) is 3.67. The van der Waals surface area contributed by atoms with Gasteiger partial charge in [0.15, 0.2) is 5.03 Å². The fourth-order valence-corrected chi connectivity index (χ4v) is 2.66. The molecule has 0 atom stereocenters. The molecule has 0 saturated heterocycles. The van der Waals surface area contributed by atoms with Crippen molar-refractivity contribution in [1.29, 1.82) is 0 Å². The van der Waals surface area contributed by atoms with Crippen molar-refractivity contribution in [2.75, 3.05) is 0 Å². The first kappa shape index (κ1) is 14.6. The number of nitrogens with zero attached hydrogens (tertiary/aromatic N) is 3. The molecule has 0 saturated carbocycles. The van der Waals surface area contributed by atoms with Gasteiger partial charge in [-0.25, -0.2) is 18.7 Å². The summed E-state index contributed by atoms with van der Waals surface area (Å²) < 4.78 is 26.4. The molecule has 0 bridgehead atoms. The molecule has 0 aliphatic rings. The molecule has 5 nitrogen and oxygen atoms in total. The Balaban J connectivity index is 2.50. The normalized spacial score (nSPS) is 10.6. The number of benzene rings is 1. The van der Waals surface area contributed by atoms with Crippen LogP contribution < -0.4 is 0 Å². The number of hydrogen-bond acceptors (Lipinski definition) is 5. The first-order valence-electron chi connectivity index (χ1n) is 5.20. The molecule has 1 heterocycles. The van der Waals surface area contributed by atoms with Gasteiger partial charge in [0.1, 0.15) is 17.3 Å². The molecule has 104 valence electrons. The Morgan fingerprint density at radius 2 is 2.05 bits per heavy atom. The number of rotatable bonds is 3. The topological polar surface area (TPSA) is 68.9 Å². The molecule has 1 aromatic heterocycles. The lowest BCUT2D eigenvalue weighted by atomic mass is 10.3. The predicted octanol–water partition coefficient (Wildman–Crippen LogP) is 3.78. The second kappa shape index (κ2) is 5.68. The second-order valence-corrected chi connectivity index (χ2v) is 5.03. The Labute approximate surface area is 121 Å². The summed E-state index contributed by atoms with van der Waals surface area (Å²) in [6.07, 6.45) is 0. The van der Waals surface area contributed by atoms with Gasteiger partial charge in [0.25, 0.3) is 0 Å². The summed E-state index contributed by atoms with van der Waals surface area (Å²) in [5, 5.41) is 10.7. The van der Waals surface area contributed by atoms with Crippen LogP contribution in [0.25, 0.3) is 0 Å².